The largest absolute Gasteiger partial charge is 0.511 e. The van der Waals surface area contributed by atoms with Gasteiger partial charge in [0.25, 0.3) is 0 Å². The lowest BCUT2D eigenvalue weighted by Gasteiger charge is -2.18. The second-order valence-electron chi connectivity index (χ2n) is 5.29. The van der Waals surface area contributed by atoms with E-state index in [-0.39, 0.29) is 30.0 Å². The van der Waals surface area contributed by atoms with Gasteiger partial charge >= 0.3 is 5.97 Å². The molecule has 0 atom stereocenters. The van der Waals surface area contributed by atoms with E-state index in [9.17, 15) is 14.7 Å². The van der Waals surface area contributed by atoms with Gasteiger partial charge in [0.15, 0.2) is 5.78 Å². The molecule has 6 heteroatoms. The number of anilines is 1. The number of ketones is 1. The number of aliphatic hydroxyl groups is 1. The van der Waals surface area contributed by atoms with E-state index in [1.807, 2.05) is 0 Å². The molecule has 0 heterocycles. The van der Waals surface area contributed by atoms with Gasteiger partial charge < -0.3 is 15.6 Å². The monoisotopic (exact) mass is 316 g/mol. The summed E-state index contributed by atoms with van der Waals surface area (Å²) in [4.78, 5) is 27.9. The molecule has 2 rings (SSSR count). The lowest BCUT2D eigenvalue weighted by molar-refractivity contribution is -0.140. The SMILES string of the molecule is COC(=O)CC/C(O)=C1\C(=O)CCCC1=Nc1ccccc1N. The number of aliphatic imine (C=N–C) groups is 1. The number of hydrogen-bond acceptors (Lipinski definition) is 6. The minimum atomic E-state index is -0.439. The fourth-order valence-corrected chi connectivity index (χ4v) is 2.45. The number of hydrogen-bond donors (Lipinski definition) is 2. The number of para-hydroxylation sites is 2. The molecular weight excluding hydrogens is 296 g/mol. The van der Waals surface area contributed by atoms with E-state index < -0.39 is 5.97 Å². The molecule has 0 amide bonds. The summed E-state index contributed by atoms with van der Waals surface area (Å²) in [7, 11) is 1.28. The Morgan fingerprint density at radius 1 is 1.30 bits per heavy atom. The lowest BCUT2D eigenvalue weighted by Crippen LogP contribution is -2.21. The summed E-state index contributed by atoms with van der Waals surface area (Å²) in [5, 5.41) is 10.2. The van der Waals surface area contributed by atoms with Crippen molar-refractivity contribution in [3.05, 3.63) is 35.6 Å². The first-order valence-corrected chi connectivity index (χ1v) is 7.47. The number of carbonyl (C=O) groups excluding carboxylic acids is 2. The molecule has 1 fully saturated rings. The van der Waals surface area contributed by atoms with Gasteiger partial charge in [-0.25, -0.2) is 0 Å². The van der Waals surface area contributed by atoms with Crippen molar-refractivity contribution in [2.24, 2.45) is 4.99 Å². The first kappa shape index (κ1) is 16.7. The highest BCUT2D eigenvalue weighted by molar-refractivity contribution is 6.24. The number of benzene rings is 1. The zero-order valence-electron chi connectivity index (χ0n) is 13.0. The first-order valence-electron chi connectivity index (χ1n) is 7.47. The zero-order valence-corrected chi connectivity index (χ0v) is 13.0. The van der Waals surface area contributed by atoms with E-state index in [0.717, 1.165) is 0 Å². The minimum Gasteiger partial charge on any atom is -0.511 e. The Morgan fingerprint density at radius 2 is 2.04 bits per heavy atom. The number of esters is 1. The molecule has 0 aromatic heterocycles. The van der Waals surface area contributed by atoms with E-state index in [1.54, 1.807) is 24.3 Å². The Balaban J connectivity index is 2.34. The van der Waals surface area contributed by atoms with Crippen LogP contribution in [-0.2, 0) is 14.3 Å². The van der Waals surface area contributed by atoms with Crippen molar-refractivity contribution in [3.63, 3.8) is 0 Å². The van der Waals surface area contributed by atoms with Crippen LogP contribution in [0.1, 0.15) is 32.1 Å². The maximum absolute atomic E-state index is 12.2. The Bertz CT molecular complexity index is 677. The quantitative estimate of drug-likeness (QED) is 0.385. The molecule has 0 radical (unpaired) electrons. The Kier molecular flexibility index (Phi) is 5.51. The Labute approximate surface area is 134 Å². The maximum atomic E-state index is 12.2. The predicted molar refractivity (Wildman–Crippen MR) is 87.7 cm³/mol. The molecule has 3 N–H and O–H groups in total. The van der Waals surface area contributed by atoms with Gasteiger partial charge in [-0.1, -0.05) is 12.1 Å². The number of Topliss-reactive ketones (excluding diaryl/α,β-unsaturated/α-hetero) is 1. The van der Waals surface area contributed by atoms with Gasteiger partial charge in [-0.05, 0) is 25.0 Å². The lowest BCUT2D eigenvalue weighted by atomic mass is 9.89. The summed E-state index contributed by atoms with van der Waals surface area (Å²) < 4.78 is 4.55. The summed E-state index contributed by atoms with van der Waals surface area (Å²) in [5.41, 5.74) is 7.68. The van der Waals surface area contributed by atoms with Crippen LogP contribution in [0.25, 0.3) is 0 Å². The molecule has 1 aromatic rings. The number of ether oxygens (including phenoxy) is 1. The fraction of sp³-hybridized carbons (Fsp3) is 0.353. The van der Waals surface area contributed by atoms with Crippen LogP contribution in [-0.4, -0.2) is 29.7 Å². The highest BCUT2D eigenvalue weighted by Gasteiger charge is 2.26. The average Bonchev–Trinajstić information content (AvgIpc) is 2.54. The van der Waals surface area contributed by atoms with Gasteiger partial charge in [0.2, 0.25) is 0 Å². The number of carbonyl (C=O) groups is 2. The van der Waals surface area contributed by atoms with Crippen molar-refractivity contribution in [2.75, 3.05) is 12.8 Å². The molecule has 0 bridgehead atoms. The van der Waals surface area contributed by atoms with Crippen LogP contribution in [0.5, 0.6) is 0 Å². The van der Waals surface area contributed by atoms with Gasteiger partial charge in [-0.3, -0.25) is 14.6 Å². The number of rotatable bonds is 4. The maximum Gasteiger partial charge on any atom is 0.305 e. The molecule has 1 aromatic carbocycles. The van der Waals surface area contributed by atoms with Crippen LogP contribution < -0.4 is 5.73 Å². The van der Waals surface area contributed by atoms with Gasteiger partial charge in [0, 0.05) is 12.8 Å². The van der Waals surface area contributed by atoms with Crippen molar-refractivity contribution in [1.29, 1.82) is 0 Å². The molecule has 0 spiro atoms. The standard InChI is InChI=1S/C17H20N2O4/c1-23-16(22)10-9-15(21)17-13(7-4-8-14(17)20)19-12-6-3-2-5-11(12)18/h2-3,5-6,21H,4,7-10,18H2,1H3/b17-15+,19-13?. The second-order valence-corrected chi connectivity index (χ2v) is 5.29. The van der Waals surface area contributed by atoms with E-state index in [0.29, 0.717) is 36.3 Å². The molecule has 0 aliphatic heterocycles. The van der Waals surface area contributed by atoms with Crippen molar-refractivity contribution >= 4 is 28.8 Å². The highest BCUT2D eigenvalue weighted by Crippen LogP contribution is 2.28. The van der Waals surface area contributed by atoms with Crippen LogP contribution in [0, 0.1) is 0 Å². The van der Waals surface area contributed by atoms with Crippen molar-refractivity contribution in [1.82, 2.24) is 0 Å². The number of nitrogens with two attached hydrogens (primary N) is 1. The summed E-state index contributed by atoms with van der Waals surface area (Å²) >= 11 is 0. The Hall–Kier alpha value is -2.63. The smallest absolute Gasteiger partial charge is 0.305 e. The van der Waals surface area contributed by atoms with Gasteiger partial charge in [0.05, 0.1) is 36.2 Å². The van der Waals surface area contributed by atoms with Crippen molar-refractivity contribution in [2.45, 2.75) is 32.1 Å². The summed E-state index contributed by atoms with van der Waals surface area (Å²) in [5.74, 6) is -0.716. The van der Waals surface area contributed by atoms with Crippen LogP contribution in [0.15, 0.2) is 40.6 Å². The average molecular weight is 316 g/mol. The fourth-order valence-electron chi connectivity index (χ4n) is 2.45. The molecule has 122 valence electrons. The van der Waals surface area contributed by atoms with Crippen molar-refractivity contribution < 1.29 is 19.4 Å². The number of allylic oxidation sites excluding steroid dienone is 2. The topological polar surface area (TPSA) is 102 Å². The van der Waals surface area contributed by atoms with E-state index >= 15 is 0 Å². The molecule has 1 aliphatic rings. The van der Waals surface area contributed by atoms with Gasteiger partial charge in [-0.15, -0.1) is 0 Å². The third-order valence-corrected chi connectivity index (χ3v) is 3.66. The molecule has 6 nitrogen and oxygen atoms in total. The van der Waals surface area contributed by atoms with Crippen LogP contribution >= 0.6 is 0 Å². The highest BCUT2D eigenvalue weighted by atomic mass is 16.5. The third kappa shape index (κ3) is 4.18. The van der Waals surface area contributed by atoms with E-state index in [2.05, 4.69) is 9.73 Å². The summed E-state index contributed by atoms with van der Waals surface area (Å²) in [6.45, 7) is 0. The van der Waals surface area contributed by atoms with Crippen LogP contribution in [0.2, 0.25) is 0 Å². The second kappa shape index (κ2) is 7.58. The van der Waals surface area contributed by atoms with Crippen molar-refractivity contribution in [3.8, 4) is 0 Å². The molecule has 1 saturated carbocycles. The number of nitrogens with zero attached hydrogens (tertiary/aromatic N) is 1. The number of nitrogen functional groups attached to an aromatic ring is 1. The van der Waals surface area contributed by atoms with E-state index in [4.69, 9.17) is 5.73 Å². The van der Waals surface area contributed by atoms with Gasteiger partial charge in [0.1, 0.15) is 5.76 Å². The molecule has 0 saturated heterocycles. The molecular formula is C17H20N2O4. The first-order chi connectivity index (χ1) is 11.0. The predicted octanol–water partition coefficient (Wildman–Crippen LogP) is 2.86. The minimum absolute atomic E-state index is 0.0138. The summed E-state index contributed by atoms with van der Waals surface area (Å²) in [6.07, 6.45) is 1.69. The van der Waals surface area contributed by atoms with E-state index in [1.165, 1.54) is 7.11 Å². The number of aliphatic hydroxyl groups excluding tert-OH is 1. The van der Waals surface area contributed by atoms with Crippen LogP contribution in [0.4, 0.5) is 11.4 Å². The summed E-state index contributed by atoms with van der Waals surface area (Å²) in [6, 6.07) is 7.09. The van der Waals surface area contributed by atoms with Crippen LogP contribution in [0.3, 0.4) is 0 Å². The Morgan fingerprint density at radius 3 is 2.74 bits per heavy atom. The van der Waals surface area contributed by atoms with Gasteiger partial charge in [-0.2, -0.15) is 0 Å². The number of methoxy groups -OCH3 is 1. The molecule has 0 unspecified atom stereocenters. The third-order valence-electron chi connectivity index (χ3n) is 3.66. The molecule has 23 heavy (non-hydrogen) atoms. The molecule has 1 aliphatic carbocycles. The normalized spacial score (nSPS) is 18.8. The zero-order chi connectivity index (χ0) is 16.8.